The number of nitrogens with zero attached hydrogens (tertiary/aromatic N) is 2. The smallest absolute Gasteiger partial charge is 0.304 e. The van der Waals surface area contributed by atoms with E-state index in [2.05, 4.69) is 5.32 Å². The number of amides is 1. The zero-order chi connectivity index (χ0) is 27.4. The van der Waals surface area contributed by atoms with Crippen molar-refractivity contribution in [1.29, 1.82) is 0 Å². The third kappa shape index (κ3) is 4.47. The van der Waals surface area contributed by atoms with Gasteiger partial charge >= 0.3 is 5.69 Å². The van der Waals surface area contributed by atoms with Gasteiger partial charge in [0.1, 0.15) is 17.2 Å². The van der Waals surface area contributed by atoms with Gasteiger partial charge in [0.25, 0.3) is 5.91 Å². The first-order chi connectivity index (χ1) is 18.0. The number of rotatable bonds is 7. The second-order valence-corrected chi connectivity index (χ2v) is 10.8. The second-order valence-electron chi connectivity index (χ2n) is 8.99. The number of carbonyl (C=O) groups excluding carboxylic acids is 1. The molecule has 5 rings (SSSR count). The van der Waals surface area contributed by atoms with Crippen molar-refractivity contribution in [3.05, 3.63) is 87.5 Å². The first-order valence-corrected chi connectivity index (χ1v) is 13.4. The fraction of sp³-hybridized carbons (Fsp3) is 0.192. The molecule has 0 saturated heterocycles. The van der Waals surface area contributed by atoms with Gasteiger partial charge in [-0.3, -0.25) is 14.9 Å². The third-order valence-electron chi connectivity index (χ3n) is 6.33. The number of sulfonamides is 1. The zero-order valence-electron chi connectivity index (χ0n) is 20.2. The van der Waals surface area contributed by atoms with Gasteiger partial charge in [0.2, 0.25) is 15.8 Å². The van der Waals surface area contributed by atoms with Gasteiger partial charge in [-0.1, -0.05) is 0 Å². The molecule has 1 aliphatic rings. The summed E-state index contributed by atoms with van der Waals surface area (Å²) in [5, 5.41) is 14.1. The molecule has 0 spiro atoms. The molecule has 4 aromatic rings. The van der Waals surface area contributed by atoms with Crippen LogP contribution in [0.25, 0.3) is 22.3 Å². The lowest BCUT2D eigenvalue weighted by molar-refractivity contribution is -0.387. The summed E-state index contributed by atoms with van der Waals surface area (Å²) >= 11 is 0. The van der Waals surface area contributed by atoms with Crippen molar-refractivity contribution in [3.63, 3.8) is 0 Å². The van der Waals surface area contributed by atoms with Gasteiger partial charge < -0.3 is 9.73 Å². The van der Waals surface area contributed by atoms with Crippen molar-refractivity contribution in [2.75, 3.05) is 17.6 Å². The van der Waals surface area contributed by atoms with Gasteiger partial charge in [0.15, 0.2) is 0 Å². The highest BCUT2D eigenvalue weighted by Gasteiger charge is 2.34. The molecule has 12 heteroatoms. The molecule has 196 valence electrons. The van der Waals surface area contributed by atoms with E-state index in [1.54, 1.807) is 6.07 Å². The molecule has 0 aliphatic heterocycles. The molecule has 0 bridgehead atoms. The summed E-state index contributed by atoms with van der Waals surface area (Å²) in [4.78, 5) is 23.1. The van der Waals surface area contributed by atoms with Gasteiger partial charge in [0.05, 0.1) is 28.1 Å². The van der Waals surface area contributed by atoms with Crippen LogP contribution in [-0.2, 0) is 10.0 Å². The highest BCUT2D eigenvalue weighted by atomic mass is 32.2. The van der Waals surface area contributed by atoms with Gasteiger partial charge in [-0.2, -0.15) is 4.39 Å². The number of hydrogen-bond donors (Lipinski definition) is 1. The normalized spacial score (nSPS) is 13.5. The molecule has 0 unspecified atom stereocenters. The van der Waals surface area contributed by atoms with E-state index in [1.165, 1.54) is 37.4 Å². The Morgan fingerprint density at radius 2 is 1.79 bits per heavy atom. The Morgan fingerprint density at radius 1 is 1.11 bits per heavy atom. The van der Waals surface area contributed by atoms with Crippen LogP contribution in [0.4, 0.5) is 25.8 Å². The van der Waals surface area contributed by atoms with E-state index < -0.39 is 38.2 Å². The molecule has 1 N–H and O–H groups in total. The summed E-state index contributed by atoms with van der Waals surface area (Å²) in [5.74, 6) is -1.96. The number of furan rings is 1. The maximum Gasteiger partial charge on any atom is 0.304 e. The SMILES string of the molecule is CNC(=O)c1c(-c2ccc(F)cc2)oc2cc(N(c3ccc([N+](=O)[O-])c(F)c3)S(C)(=O)=O)c(C3CC3)cc12. The summed E-state index contributed by atoms with van der Waals surface area (Å²) in [6.07, 6.45) is 2.47. The predicted molar refractivity (Wildman–Crippen MR) is 137 cm³/mol. The van der Waals surface area contributed by atoms with E-state index in [4.69, 9.17) is 4.42 Å². The maximum atomic E-state index is 14.5. The largest absolute Gasteiger partial charge is 0.455 e. The average molecular weight is 542 g/mol. The highest BCUT2D eigenvalue weighted by Crippen LogP contribution is 2.49. The van der Waals surface area contributed by atoms with Crippen molar-refractivity contribution in [2.45, 2.75) is 18.8 Å². The Kier molecular flexibility index (Phi) is 6.14. The summed E-state index contributed by atoms with van der Waals surface area (Å²) in [5.41, 5.74) is 0.678. The molecule has 1 aromatic heterocycles. The van der Waals surface area contributed by atoms with Crippen LogP contribution in [0.15, 0.2) is 59.0 Å². The van der Waals surface area contributed by atoms with Crippen molar-refractivity contribution in [3.8, 4) is 11.3 Å². The summed E-state index contributed by atoms with van der Waals surface area (Å²) in [7, 11) is -2.61. The van der Waals surface area contributed by atoms with Crippen LogP contribution in [0.1, 0.15) is 34.7 Å². The van der Waals surface area contributed by atoms with Gasteiger partial charge in [0, 0.05) is 36.2 Å². The first kappa shape index (κ1) is 25.3. The minimum atomic E-state index is -4.06. The molecule has 1 fully saturated rings. The number of halogens is 2. The van der Waals surface area contributed by atoms with Crippen molar-refractivity contribution < 1.29 is 31.3 Å². The Bertz CT molecular complexity index is 1710. The van der Waals surface area contributed by atoms with Crippen LogP contribution in [0.3, 0.4) is 0 Å². The van der Waals surface area contributed by atoms with Crippen LogP contribution < -0.4 is 9.62 Å². The van der Waals surface area contributed by atoms with Crippen LogP contribution >= 0.6 is 0 Å². The topological polar surface area (TPSA) is 123 Å². The van der Waals surface area contributed by atoms with Crippen LogP contribution in [0.2, 0.25) is 0 Å². The standard InChI is InChI=1S/C26H21F2N3O6S/c1-29-26(32)24-19-12-18(14-3-4-14)22(13-23(19)37-25(24)15-5-7-16(27)8-6-15)30(38(2,35)36)17-9-10-21(31(33)34)20(28)11-17/h5-14H,3-4H2,1-2H3,(H,29,32). The second kappa shape index (κ2) is 9.21. The molecule has 3 aromatic carbocycles. The third-order valence-corrected chi connectivity index (χ3v) is 7.40. The quantitative estimate of drug-likeness (QED) is 0.239. The van der Waals surface area contributed by atoms with Gasteiger partial charge in [-0.15, -0.1) is 0 Å². The molecule has 38 heavy (non-hydrogen) atoms. The highest BCUT2D eigenvalue weighted by molar-refractivity contribution is 7.92. The minimum absolute atomic E-state index is 0.0248. The Morgan fingerprint density at radius 3 is 2.34 bits per heavy atom. The first-order valence-electron chi connectivity index (χ1n) is 11.5. The van der Waals surface area contributed by atoms with Crippen molar-refractivity contribution >= 4 is 44.0 Å². The predicted octanol–water partition coefficient (Wildman–Crippen LogP) is 5.62. The molecule has 0 radical (unpaired) electrons. The van der Waals surface area contributed by atoms with Crippen molar-refractivity contribution in [2.24, 2.45) is 0 Å². The van der Waals surface area contributed by atoms with Crippen LogP contribution in [-0.4, -0.2) is 32.6 Å². The fourth-order valence-electron chi connectivity index (χ4n) is 4.48. The van der Waals surface area contributed by atoms with E-state index in [1.807, 2.05) is 0 Å². The number of anilines is 2. The number of hydrogen-bond acceptors (Lipinski definition) is 6. The van der Waals surface area contributed by atoms with Crippen LogP contribution in [0, 0.1) is 21.7 Å². The summed E-state index contributed by atoms with van der Waals surface area (Å²) < 4.78 is 61.1. The average Bonchev–Trinajstić information content (AvgIpc) is 3.63. The summed E-state index contributed by atoms with van der Waals surface area (Å²) in [6.45, 7) is 0. The number of nitrogens with one attached hydrogen (secondary N) is 1. The minimum Gasteiger partial charge on any atom is -0.455 e. The van der Waals surface area contributed by atoms with Gasteiger partial charge in [-0.25, -0.2) is 17.1 Å². The van der Waals surface area contributed by atoms with Crippen LogP contribution in [0.5, 0.6) is 0 Å². The number of nitro benzene ring substituents is 1. The fourth-order valence-corrected chi connectivity index (χ4v) is 5.49. The lowest BCUT2D eigenvalue weighted by Gasteiger charge is -2.25. The molecular weight excluding hydrogens is 520 g/mol. The van der Waals surface area contributed by atoms with E-state index in [0.717, 1.165) is 41.6 Å². The van der Waals surface area contributed by atoms with E-state index in [-0.39, 0.29) is 34.2 Å². The van der Waals surface area contributed by atoms with Gasteiger partial charge in [-0.05, 0) is 60.7 Å². The number of nitro groups is 1. The molecular formula is C26H21F2N3O6S. The van der Waals surface area contributed by atoms with E-state index >= 15 is 0 Å². The Hall–Kier alpha value is -4.32. The molecule has 9 nitrogen and oxygen atoms in total. The monoisotopic (exact) mass is 541 g/mol. The zero-order valence-corrected chi connectivity index (χ0v) is 21.0. The van der Waals surface area contributed by atoms with Crippen molar-refractivity contribution in [1.82, 2.24) is 5.32 Å². The lowest BCUT2D eigenvalue weighted by Crippen LogP contribution is -2.26. The Labute approximate surface area is 215 Å². The molecule has 1 aliphatic carbocycles. The Balaban J connectivity index is 1.78. The summed E-state index contributed by atoms with van der Waals surface area (Å²) in [6, 6.07) is 11.4. The molecule has 0 atom stereocenters. The lowest BCUT2D eigenvalue weighted by atomic mass is 10.00. The molecule has 1 heterocycles. The van der Waals surface area contributed by atoms with E-state index in [0.29, 0.717) is 16.5 Å². The molecule has 1 amide bonds. The molecule has 1 saturated carbocycles. The number of carbonyl (C=O) groups is 1. The number of benzene rings is 3. The maximum absolute atomic E-state index is 14.5. The van der Waals surface area contributed by atoms with E-state index in [9.17, 15) is 32.1 Å². The number of fused-ring (bicyclic) bond motifs is 1.